The standard InChI is InChI=1S/C15H13FO/c16-15-10-2-1-7-13(15)8-3-5-12-6-4-9-14(17)11-12/h1-4,6-11,17H,5H2/b8-3+. The zero-order chi connectivity index (χ0) is 12.1. The van der Waals surface area contributed by atoms with E-state index in [1.807, 2.05) is 12.1 Å². The SMILES string of the molecule is Oc1cccc(C/C=C/c2ccccc2F)c1. The third-order valence-electron chi connectivity index (χ3n) is 2.47. The summed E-state index contributed by atoms with van der Waals surface area (Å²) >= 11 is 0. The Bertz CT molecular complexity index is 532. The molecule has 17 heavy (non-hydrogen) atoms. The van der Waals surface area contributed by atoms with Gasteiger partial charge >= 0.3 is 0 Å². The first kappa shape index (κ1) is 11.4. The zero-order valence-electron chi connectivity index (χ0n) is 9.31. The van der Waals surface area contributed by atoms with Crippen LogP contribution in [0.3, 0.4) is 0 Å². The van der Waals surface area contributed by atoms with Gasteiger partial charge in [-0.25, -0.2) is 4.39 Å². The molecule has 0 amide bonds. The Morgan fingerprint density at radius 1 is 1.06 bits per heavy atom. The predicted molar refractivity (Wildman–Crippen MR) is 67.2 cm³/mol. The van der Waals surface area contributed by atoms with E-state index in [9.17, 15) is 9.50 Å². The number of phenolic OH excluding ortho intramolecular Hbond substituents is 1. The lowest BCUT2D eigenvalue weighted by molar-refractivity contribution is 0.474. The van der Waals surface area contributed by atoms with Gasteiger partial charge in [0.1, 0.15) is 11.6 Å². The first-order valence-corrected chi connectivity index (χ1v) is 5.45. The van der Waals surface area contributed by atoms with Crippen molar-refractivity contribution in [3.63, 3.8) is 0 Å². The molecule has 0 spiro atoms. The van der Waals surface area contributed by atoms with Crippen molar-refractivity contribution < 1.29 is 9.50 Å². The van der Waals surface area contributed by atoms with E-state index in [4.69, 9.17) is 0 Å². The maximum Gasteiger partial charge on any atom is 0.130 e. The molecule has 0 aliphatic rings. The van der Waals surface area contributed by atoms with E-state index in [0.29, 0.717) is 12.0 Å². The smallest absolute Gasteiger partial charge is 0.130 e. The molecule has 0 aliphatic carbocycles. The number of halogens is 1. The van der Waals surface area contributed by atoms with E-state index in [-0.39, 0.29) is 11.6 Å². The Kier molecular flexibility index (Phi) is 3.55. The van der Waals surface area contributed by atoms with Crippen LogP contribution in [0.4, 0.5) is 4.39 Å². The second-order valence-corrected chi connectivity index (χ2v) is 3.80. The summed E-state index contributed by atoms with van der Waals surface area (Å²) in [5.41, 5.74) is 1.57. The third-order valence-corrected chi connectivity index (χ3v) is 2.47. The molecule has 1 nitrogen and oxygen atoms in total. The van der Waals surface area contributed by atoms with Crippen LogP contribution in [0, 0.1) is 5.82 Å². The molecule has 2 aromatic rings. The van der Waals surface area contributed by atoms with Crippen LogP contribution < -0.4 is 0 Å². The van der Waals surface area contributed by atoms with Gasteiger partial charge in [-0.15, -0.1) is 0 Å². The van der Waals surface area contributed by atoms with Gasteiger partial charge in [0.05, 0.1) is 0 Å². The van der Waals surface area contributed by atoms with E-state index in [1.54, 1.807) is 42.5 Å². The first-order valence-electron chi connectivity index (χ1n) is 5.45. The summed E-state index contributed by atoms with van der Waals surface area (Å²) in [4.78, 5) is 0. The minimum atomic E-state index is -0.223. The lowest BCUT2D eigenvalue weighted by Gasteiger charge is -1.98. The number of benzene rings is 2. The number of rotatable bonds is 3. The van der Waals surface area contributed by atoms with E-state index in [2.05, 4.69) is 0 Å². The Morgan fingerprint density at radius 3 is 2.65 bits per heavy atom. The molecule has 0 heterocycles. The van der Waals surface area contributed by atoms with E-state index < -0.39 is 0 Å². The summed E-state index contributed by atoms with van der Waals surface area (Å²) in [6, 6.07) is 13.7. The molecule has 0 aromatic heterocycles. The Hall–Kier alpha value is -2.09. The summed E-state index contributed by atoms with van der Waals surface area (Å²) in [6.07, 6.45) is 4.30. The zero-order valence-corrected chi connectivity index (χ0v) is 9.31. The van der Waals surface area contributed by atoms with Crippen molar-refractivity contribution in [1.29, 1.82) is 0 Å². The van der Waals surface area contributed by atoms with E-state index in [1.165, 1.54) is 6.07 Å². The van der Waals surface area contributed by atoms with Crippen molar-refractivity contribution in [2.75, 3.05) is 0 Å². The van der Waals surface area contributed by atoms with Gasteiger partial charge in [0.25, 0.3) is 0 Å². The van der Waals surface area contributed by atoms with E-state index >= 15 is 0 Å². The van der Waals surface area contributed by atoms with Crippen molar-refractivity contribution in [2.45, 2.75) is 6.42 Å². The molecular formula is C15H13FO. The lowest BCUT2D eigenvalue weighted by Crippen LogP contribution is -1.82. The van der Waals surface area contributed by atoms with Crippen LogP contribution in [0.2, 0.25) is 0 Å². The molecule has 2 aromatic carbocycles. The summed E-state index contributed by atoms with van der Waals surface area (Å²) in [7, 11) is 0. The fourth-order valence-electron chi connectivity index (χ4n) is 1.62. The van der Waals surface area contributed by atoms with Crippen LogP contribution in [0.15, 0.2) is 54.6 Å². The van der Waals surface area contributed by atoms with Gasteiger partial charge in [0.15, 0.2) is 0 Å². The van der Waals surface area contributed by atoms with Crippen LogP contribution >= 0.6 is 0 Å². The molecule has 2 rings (SSSR count). The van der Waals surface area contributed by atoms with Crippen LogP contribution in [-0.4, -0.2) is 5.11 Å². The summed E-state index contributed by atoms with van der Waals surface area (Å²) in [5, 5.41) is 9.29. The second kappa shape index (κ2) is 5.30. The summed E-state index contributed by atoms with van der Waals surface area (Å²) < 4.78 is 13.3. The number of phenols is 1. The van der Waals surface area contributed by atoms with Crippen molar-refractivity contribution in [1.82, 2.24) is 0 Å². The van der Waals surface area contributed by atoms with Gasteiger partial charge in [-0.2, -0.15) is 0 Å². The molecule has 0 aliphatic heterocycles. The average molecular weight is 228 g/mol. The largest absolute Gasteiger partial charge is 0.508 e. The second-order valence-electron chi connectivity index (χ2n) is 3.80. The average Bonchev–Trinajstić information content (AvgIpc) is 2.32. The summed E-state index contributed by atoms with van der Waals surface area (Å²) in [6.45, 7) is 0. The monoisotopic (exact) mass is 228 g/mol. The molecule has 86 valence electrons. The van der Waals surface area contributed by atoms with Gasteiger partial charge in [-0.1, -0.05) is 42.5 Å². The minimum absolute atomic E-state index is 0.223. The fraction of sp³-hybridized carbons (Fsp3) is 0.0667. The molecular weight excluding hydrogens is 215 g/mol. The number of hydrogen-bond acceptors (Lipinski definition) is 1. The van der Waals surface area contributed by atoms with Crippen LogP contribution in [0.25, 0.3) is 6.08 Å². The topological polar surface area (TPSA) is 20.2 Å². The molecule has 0 atom stereocenters. The lowest BCUT2D eigenvalue weighted by atomic mass is 10.1. The normalized spacial score (nSPS) is 10.9. The number of allylic oxidation sites excluding steroid dienone is 1. The Labute approximate surface area is 99.9 Å². The van der Waals surface area contributed by atoms with Crippen molar-refractivity contribution in [3.8, 4) is 5.75 Å². The Balaban J connectivity index is 2.06. The maximum absolute atomic E-state index is 13.3. The highest BCUT2D eigenvalue weighted by Crippen LogP contribution is 2.13. The van der Waals surface area contributed by atoms with Crippen LogP contribution in [0.5, 0.6) is 5.75 Å². The van der Waals surface area contributed by atoms with Gasteiger partial charge in [-0.3, -0.25) is 0 Å². The highest BCUT2D eigenvalue weighted by Gasteiger charge is 1.95. The fourth-order valence-corrected chi connectivity index (χ4v) is 1.62. The number of hydrogen-bond donors (Lipinski definition) is 1. The van der Waals surface area contributed by atoms with Gasteiger partial charge in [-0.05, 0) is 30.2 Å². The molecule has 0 bridgehead atoms. The first-order chi connectivity index (χ1) is 8.25. The predicted octanol–water partition coefficient (Wildman–Crippen LogP) is 3.79. The van der Waals surface area contributed by atoms with Crippen molar-refractivity contribution in [2.24, 2.45) is 0 Å². The van der Waals surface area contributed by atoms with Crippen molar-refractivity contribution in [3.05, 3.63) is 71.6 Å². The highest BCUT2D eigenvalue weighted by molar-refractivity contribution is 5.50. The maximum atomic E-state index is 13.3. The van der Waals surface area contributed by atoms with Gasteiger partial charge < -0.3 is 5.11 Å². The quantitative estimate of drug-likeness (QED) is 0.847. The molecule has 0 radical (unpaired) electrons. The van der Waals surface area contributed by atoms with E-state index in [0.717, 1.165) is 5.56 Å². The third kappa shape index (κ3) is 3.18. The van der Waals surface area contributed by atoms with Gasteiger partial charge in [0.2, 0.25) is 0 Å². The highest BCUT2D eigenvalue weighted by atomic mass is 19.1. The molecule has 0 fully saturated rings. The van der Waals surface area contributed by atoms with Crippen LogP contribution in [-0.2, 0) is 6.42 Å². The molecule has 0 unspecified atom stereocenters. The van der Waals surface area contributed by atoms with Crippen molar-refractivity contribution >= 4 is 6.08 Å². The Morgan fingerprint density at radius 2 is 1.88 bits per heavy atom. The molecule has 2 heteroatoms. The number of aromatic hydroxyl groups is 1. The molecule has 0 saturated carbocycles. The summed E-state index contributed by atoms with van der Waals surface area (Å²) in [5.74, 6) is 0.0291. The van der Waals surface area contributed by atoms with Gasteiger partial charge in [0, 0.05) is 5.56 Å². The molecule has 1 N–H and O–H groups in total. The molecule has 0 saturated heterocycles. The minimum Gasteiger partial charge on any atom is -0.508 e. The van der Waals surface area contributed by atoms with Crippen LogP contribution in [0.1, 0.15) is 11.1 Å².